The normalized spacial score (nSPS) is 20.0. The molecular formula is C19H26F3N3O3. The molecule has 1 heterocycles. The van der Waals surface area contributed by atoms with E-state index in [1.807, 2.05) is 6.92 Å². The molecule has 28 heavy (non-hydrogen) atoms. The van der Waals surface area contributed by atoms with Crippen molar-refractivity contribution in [1.82, 2.24) is 15.5 Å². The van der Waals surface area contributed by atoms with Gasteiger partial charge in [-0.3, -0.25) is 10.1 Å². The summed E-state index contributed by atoms with van der Waals surface area (Å²) in [5, 5.41) is 5.56. The van der Waals surface area contributed by atoms with E-state index in [2.05, 4.69) is 10.6 Å². The van der Waals surface area contributed by atoms with E-state index in [1.165, 1.54) is 4.90 Å². The Morgan fingerprint density at radius 1 is 1.18 bits per heavy atom. The van der Waals surface area contributed by atoms with E-state index in [1.54, 1.807) is 20.8 Å². The second-order valence-corrected chi connectivity index (χ2v) is 7.75. The average molecular weight is 401 g/mol. The number of nitrogens with zero attached hydrogens (tertiary/aromatic N) is 1. The van der Waals surface area contributed by atoms with Crippen molar-refractivity contribution in [3.8, 4) is 0 Å². The predicted octanol–water partition coefficient (Wildman–Crippen LogP) is 3.23. The number of halogens is 3. The lowest BCUT2D eigenvalue weighted by atomic mass is 10.0. The number of hydrogen-bond acceptors (Lipinski definition) is 4. The van der Waals surface area contributed by atoms with Crippen LogP contribution in [-0.4, -0.2) is 41.8 Å². The lowest BCUT2D eigenvalue weighted by Crippen LogP contribution is -2.61. The predicted molar refractivity (Wildman–Crippen MR) is 96.8 cm³/mol. The molecule has 2 atom stereocenters. The molecule has 0 spiro atoms. The Kier molecular flexibility index (Phi) is 6.92. The molecule has 2 rings (SSSR count). The van der Waals surface area contributed by atoms with Crippen LogP contribution < -0.4 is 10.6 Å². The van der Waals surface area contributed by atoms with Crippen LogP contribution in [-0.2, 0) is 9.53 Å². The molecule has 1 saturated heterocycles. The number of alkyl carbamates (subject to hydrolysis) is 1. The maximum absolute atomic E-state index is 14.2. The summed E-state index contributed by atoms with van der Waals surface area (Å²) >= 11 is 0. The summed E-state index contributed by atoms with van der Waals surface area (Å²) in [4.78, 5) is 25.9. The monoisotopic (exact) mass is 401 g/mol. The third-order valence-corrected chi connectivity index (χ3v) is 4.13. The highest BCUT2D eigenvalue weighted by molar-refractivity contribution is 5.76. The summed E-state index contributed by atoms with van der Waals surface area (Å²) in [7, 11) is 0. The molecule has 1 aromatic rings. The Balaban J connectivity index is 2.24. The molecule has 2 N–H and O–H groups in total. The number of nitrogens with one attached hydrogen (secondary N) is 2. The summed E-state index contributed by atoms with van der Waals surface area (Å²) in [5.41, 5.74) is -0.842. The van der Waals surface area contributed by atoms with Gasteiger partial charge in [-0.05, 0) is 33.3 Å². The number of ether oxygens (including phenoxy) is 1. The van der Waals surface area contributed by atoms with Gasteiger partial charge < -0.3 is 15.0 Å². The van der Waals surface area contributed by atoms with Crippen molar-refractivity contribution in [2.75, 3.05) is 13.1 Å². The van der Waals surface area contributed by atoms with Gasteiger partial charge in [0.15, 0.2) is 11.6 Å². The van der Waals surface area contributed by atoms with E-state index >= 15 is 0 Å². The maximum atomic E-state index is 14.2. The number of carbonyl (C=O) groups excluding carboxylic acids is 2. The summed E-state index contributed by atoms with van der Waals surface area (Å²) < 4.78 is 46.4. The van der Waals surface area contributed by atoms with Gasteiger partial charge in [0, 0.05) is 24.6 Å². The molecule has 1 aromatic carbocycles. The molecule has 9 heteroatoms. The van der Waals surface area contributed by atoms with E-state index in [0.29, 0.717) is 12.5 Å². The van der Waals surface area contributed by atoms with Crippen LogP contribution in [0.1, 0.15) is 52.1 Å². The van der Waals surface area contributed by atoms with Gasteiger partial charge in [-0.25, -0.2) is 18.0 Å². The van der Waals surface area contributed by atoms with Crippen LogP contribution in [0.25, 0.3) is 0 Å². The molecule has 1 unspecified atom stereocenters. The smallest absolute Gasteiger partial charge is 0.408 e. The standard InChI is InChI=1S/C19H26F3N3O3/c1-5-6-17(26)25-9-15(11-7-13(21)14(22)8-12(11)20)23-16(10-25)24-18(27)28-19(2,3)4/h7-8,15-16,23H,5-6,9-10H2,1-4H3,(H,24,27)/t15?,16-/m1/s1. The van der Waals surface area contributed by atoms with Crippen LogP contribution >= 0.6 is 0 Å². The van der Waals surface area contributed by atoms with Crippen LogP contribution in [0.4, 0.5) is 18.0 Å². The summed E-state index contributed by atoms with van der Waals surface area (Å²) in [6, 6.07) is 0.403. The number of piperazine rings is 1. The van der Waals surface area contributed by atoms with Gasteiger partial charge in [-0.15, -0.1) is 0 Å². The van der Waals surface area contributed by atoms with Crippen LogP contribution in [0.5, 0.6) is 0 Å². The number of hydrogen-bond donors (Lipinski definition) is 2. The quantitative estimate of drug-likeness (QED) is 0.760. The van der Waals surface area contributed by atoms with Gasteiger partial charge in [0.05, 0.1) is 12.6 Å². The Hall–Kier alpha value is -2.29. The summed E-state index contributed by atoms with van der Waals surface area (Å²) in [5.74, 6) is -3.59. The van der Waals surface area contributed by atoms with Gasteiger partial charge in [-0.2, -0.15) is 0 Å². The molecule has 1 aliphatic rings. The minimum atomic E-state index is -1.29. The fraction of sp³-hybridized carbons (Fsp3) is 0.579. The van der Waals surface area contributed by atoms with Gasteiger partial charge >= 0.3 is 6.09 Å². The zero-order valence-corrected chi connectivity index (χ0v) is 16.4. The fourth-order valence-electron chi connectivity index (χ4n) is 2.97. The Labute approximate surface area is 162 Å². The van der Waals surface area contributed by atoms with Crippen LogP contribution in [0.2, 0.25) is 0 Å². The molecule has 1 aliphatic heterocycles. The van der Waals surface area contributed by atoms with E-state index in [9.17, 15) is 22.8 Å². The summed E-state index contributed by atoms with van der Waals surface area (Å²) in [6.07, 6.45) is -0.551. The SMILES string of the molecule is CCCC(=O)N1CC(c2cc(F)c(F)cc2F)N[C@H](NC(=O)OC(C)(C)C)C1. The second-order valence-electron chi connectivity index (χ2n) is 7.75. The van der Waals surface area contributed by atoms with Crippen molar-refractivity contribution in [1.29, 1.82) is 0 Å². The number of carbonyl (C=O) groups is 2. The summed E-state index contributed by atoms with van der Waals surface area (Å²) in [6.45, 7) is 7.17. The minimum absolute atomic E-state index is 0.0628. The maximum Gasteiger partial charge on any atom is 0.408 e. The van der Waals surface area contributed by atoms with Crippen molar-refractivity contribution in [3.05, 3.63) is 35.1 Å². The van der Waals surface area contributed by atoms with Crippen molar-refractivity contribution in [2.24, 2.45) is 0 Å². The van der Waals surface area contributed by atoms with Gasteiger partial charge in [0.2, 0.25) is 5.91 Å². The molecule has 2 amide bonds. The molecule has 1 fully saturated rings. The lowest BCUT2D eigenvalue weighted by molar-refractivity contribution is -0.133. The van der Waals surface area contributed by atoms with Crippen molar-refractivity contribution in [2.45, 2.75) is 58.3 Å². The van der Waals surface area contributed by atoms with Gasteiger partial charge in [0.1, 0.15) is 17.6 Å². The first-order valence-electron chi connectivity index (χ1n) is 9.18. The van der Waals surface area contributed by atoms with Crippen molar-refractivity contribution >= 4 is 12.0 Å². The highest BCUT2D eigenvalue weighted by Gasteiger charge is 2.33. The molecule has 6 nitrogen and oxygen atoms in total. The Morgan fingerprint density at radius 2 is 1.82 bits per heavy atom. The first-order chi connectivity index (χ1) is 13.0. The number of amides is 2. The van der Waals surface area contributed by atoms with E-state index < -0.39 is 41.4 Å². The third kappa shape index (κ3) is 5.85. The average Bonchev–Trinajstić information content (AvgIpc) is 2.56. The van der Waals surface area contributed by atoms with Crippen LogP contribution in [0.15, 0.2) is 12.1 Å². The Bertz CT molecular complexity index is 737. The topological polar surface area (TPSA) is 70.7 Å². The van der Waals surface area contributed by atoms with Gasteiger partial charge in [0.25, 0.3) is 0 Å². The Morgan fingerprint density at radius 3 is 2.43 bits per heavy atom. The lowest BCUT2D eigenvalue weighted by Gasteiger charge is -2.39. The number of benzene rings is 1. The van der Waals surface area contributed by atoms with Crippen LogP contribution in [0.3, 0.4) is 0 Å². The van der Waals surface area contributed by atoms with Crippen LogP contribution in [0, 0.1) is 17.5 Å². The second kappa shape index (κ2) is 8.81. The minimum Gasteiger partial charge on any atom is -0.444 e. The fourth-order valence-corrected chi connectivity index (χ4v) is 2.97. The van der Waals surface area contributed by atoms with E-state index in [-0.39, 0.29) is 31.0 Å². The van der Waals surface area contributed by atoms with Crippen molar-refractivity contribution < 1.29 is 27.5 Å². The third-order valence-electron chi connectivity index (χ3n) is 4.13. The zero-order valence-electron chi connectivity index (χ0n) is 16.4. The molecular weight excluding hydrogens is 375 g/mol. The van der Waals surface area contributed by atoms with Gasteiger partial charge in [-0.1, -0.05) is 6.92 Å². The molecule has 0 saturated carbocycles. The van der Waals surface area contributed by atoms with E-state index in [0.717, 1.165) is 6.07 Å². The largest absolute Gasteiger partial charge is 0.444 e. The first kappa shape index (κ1) is 22.0. The molecule has 156 valence electrons. The highest BCUT2D eigenvalue weighted by Crippen LogP contribution is 2.25. The molecule has 0 radical (unpaired) electrons. The highest BCUT2D eigenvalue weighted by atomic mass is 19.2. The molecule has 0 bridgehead atoms. The number of rotatable bonds is 4. The van der Waals surface area contributed by atoms with E-state index in [4.69, 9.17) is 4.74 Å². The molecule has 0 aromatic heterocycles. The molecule has 0 aliphatic carbocycles. The first-order valence-corrected chi connectivity index (χ1v) is 9.18. The van der Waals surface area contributed by atoms with Crippen molar-refractivity contribution in [3.63, 3.8) is 0 Å². The zero-order chi connectivity index (χ0) is 21.1.